The van der Waals surface area contributed by atoms with Gasteiger partial charge < -0.3 is 5.73 Å². The predicted octanol–water partition coefficient (Wildman–Crippen LogP) is -0.452. The van der Waals surface area contributed by atoms with Gasteiger partial charge in [0.05, 0.1) is 5.92 Å². The van der Waals surface area contributed by atoms with Crippen molar-refractivity contribution in [3.8, 4) is 0 Å². The van der Waals surface area contributed by atoms with Crippen molar-refractivity contribution in [2.45, 2.75) is 6.42 Å². The number of hydrogen-bond donors (Lipinski definition) is 1. The fraction of sp³-hybridized carbons (Fsp3) is 0.400. The Bertz CT molecular complexity index is 173. The van der Waals surface area contributed by atoms with Crippen LogP contribution in [0.15, 0.2) is 10.2 Å². The second-order valence-electron chi connectivity index (χ2n) is 1.81. The number of nitrogens with two attached hydrogens (primary N) is 1. The predicted molar refractivity (Wildman–Crippen MR) is 34.3 cm³/mol. The fourth-order valence-corrected chi connectivity index (χ4v) is 0.577. The molecule has 0 bridgehead atoms. The molecule has 0 spiro atoms. The molecule has 0 saturated heterocycles. The average Bonchev–Trinajstić information content (AvgIpc) is 1.90. The molecule has 4 nitrogen and oxygen atoms in total. The summed E-state index contributed by atoms with van der Waals surface area (Å²) in [6.45, 7) is 0. The number of carbonyl (C=O) groups excluding carboxylic acids is 1. The van der Waals surface area contributed by atoms with Crippen LogP contribution in [-0.4, -0.2) is 18.3 Å². The van der Waals surface area contributed by atoms with Gasteiger partial charge >= 0.3 is 0 Å². The Kier molecular flexibility index (Phi) is 1.58. The molecule has 1 amide bonds. The Balaban J connectivity index is 2.56. The number of carbonyl (C=O) groups is 1. The van der Waals surface area contributed by atoms with Gasteiger partial charge in [-0.25, -0.2) is 0 Å². The highest BCUT2D eigenvalue weighted by molar-refractivity contribution is 5.95. The summed E-state index contributed by atoms with van der Waals surface area (Å²) in [6, 6.07) is 0. The largest absolute Gasteiger partial charge is 0.369 e. The SMILES string of the molecule is NC(=O)C1C=NN=CC1. The van der Waals surface area contributed by atoms with Crippen molar-refractivity contribution in [3.05, 3.63) is 0 Å². The van der Waals surface area contributed by atoms with E-state index in [-0.39, 0.29) is 11.8 Å². The lowest BCUT2D eigenvalue weighted by atomic mass is 10.1. The third-order valence-corrected chi connectivity index (χ3v) is 1.12. The van der Waals surface area contributed by atoms with Crippen LogP contribution in [-0.2, 0) is 4.79 Å². The topological polar surface area (TPSA) is 67.8 Å². The Morgan fingerprint density at radius 2 is 2.44 bits per heavy atom. The lowest BCUT2D eigenvalue weighted by molar-refractivity contribution is -0.119. The Hall–Kier alpha value is -1.19. The molecule has 0 fully saturated rings. The van der Waals surface area contributed by atoms with E-state index in [9.17, 15) is 4.79 Å². The molecule has 0 aromatic carbocycles. The molecule has 1 atom stereocenters. The summed E-state index contributed by atoms with van der Waals surface area (Å²) in [5.74, 6) is -0.590. The van der Waals surface area contributed by atoms with Gasteiger partial charge in [-0.05, 0) is 0 Å². The van der Waals surface area contributed by atoms with Gasteiger partial charge in [-0.2, -0.15) is 10.2 Å². The molecule has 48 valence electrons. The fourth-order valence-electron chi connectivity index (χ4n) is 0.577. The van der Waals surface area contributed by atoms with E-state index < -0.39 is 0 Å². The quantitative estimate of drug-likeness (QED) is 0.506. The highest BCUT2D eigenvalue weighted by Crippen LogP contribution is 2.00. The smallest absolute Gasteiger partial charge is 0.226 e. The van der Waals surface area contributed by atoms with Crippen molar-refractivity contribution in [1.29, 1.82) is 0 Å². The summed E-state index contributed by atoms with van der Waals surface area (Å²) in [5, 5.41) is 7.07. The maximum Gasteiger partial charge on any atom is 0.226 e. The van der Waals surface area contributed by atoms with Crippen molar-refractivity contribution in [1.82, 2.24) is 0 Å². The maximum absolute atomic E-state index is 10.4. The molecule has 4 heteroatoms. The van der Waals surface area contributed by atoms with E-state index in [1.54, 1.807) is 6.21 Å². The van der Waals surface area contributed by atoms with Crippen LogP contribution in [0.5, 0.6) is 0 Å². The zero-order valence-corrected chi connectivity index (χ0v) is 4.82. The van der Waals surface area contributed by atoms with Crippen molar-refractivity contribution in [3.63, 3.8) is 0 Å². The Morgan fingerprint density at radius 1 is 1.67 bits per heavy atom. The molecule has 0 aliphatic carbocycles. The molecule has 0 aromatic heterocycles. The Labute approximate surface area is 52.5 Å². The summed E-state index contributed by atoms with van der Waals surface area (Å²) in [4.78, 5) is 10.4. The van der Waals surface area contributed by atoms with Crippen LogP contribution in [0.2, 0.25) is 0 Å². The van der Waals surface area contributed by atoms with Gasteiger partial charge in [0.2, 0.25) is 5.91 Å². The number of nitrogens with zero attached hydrogens (tertiary/aromatic N) is 2. The van der Waals surface area contributed by atoms with Crippen LogP contribution >= 0.6 is 0 Å². The molecular weight excluding hydrogens is 118 g/mol. The van der Waals surface area contributed by atoms with Gasteiger partial charge in [0, 0.05) is 18.9 Å². The van der Waals surface area contributed by atoms with Crippen LogP contribution in [0.1, 0.15) is 6.42 Å². The van der Waals surface area contributed by atoms with Gasteiger partial charge in [-0.3, -0.25) is 4.79 Å². The first-order valence-corrected chi connectivity index (χ1v) is 2.65. The van der Waals surface area contributed by atoms with E-state index in [2.05, 4.69) is 10.2 Å². The van der Waals surface area contributed by atoms with Crippen molar-refractivity contribution < 1.29 is 4.79 Å². The second kappa shape index (κ2) is 2.39. The van der Waals surface area contributed by atoms with Gasteiger partial charge in [0.1, 0.15) is 0 Å². The van der Waals surface area contributed by atoms with E-state index in [1.165, 1.54) is 6.21 Å². The lowest BCUT2D eigenvalue weighted by Crippen LogP contribution is -2.25. The van der Waals surface area contributed by atoms with Crippen LogP contribution in [0, 0.1) is 5.92 Å². The van der Waals surface area contributed by atoms with Crippen LogP contribution in [0.25, 0.3) is 0 Å². The van der Waals surface area contributed by atoms with E-state index in [4.69, 9.17) is 5.73 Å². The van der Waals surface area contributed by atoms with E-state index in [0.717, 1.165) is 0 Å². The van der Waals surface area contributed by atoms with Gasteiger partial charge in [0.15, 0.2) is 0 Å². The second-order valence-corrected chi connectivity index (χ2v) is 1.81. The number of hydrogen-bond acceptors (Lipinski definition) is 3. The minimum Gasteiger partial charge on any atom is -0.369 e. The third kappa shape index (κ3) is 1.35. The minimum atomic E-state index is -0.343. The van der Waals surface area contributed by atoms with Gasteiger partial charge in [-0.1, -0.05) is 0 Å². The standard InChI is InChI=1S/C5H7N3O/c6-5(9)4-1-2-7-8-3-4/h2-4H,1H2,(H2,6,9). The summed E-state index contributed by atoms with van der Waals surface area (Å²) in [6.07, 6.45) is 3.62. The van der Waals surface area contributed by atoms with E-state index >= 15 is 0 Å². The molecule has 1 unspecified atom stereocenters. The molecule has 1 heterocycles. The van der Waals surface area contributed by atoms with Crippen LogP contribution in [0.4, 0.5) is 0 Å². The zero-order chi connectivity index (χ0) is 6.69. The van der Waals surface area contributed by atoms with E-state index in [0.29, 0.717) is 6.42 Å². The summed E-state index contributed by atoms with van der Waals surface area (Å²) in [5.41, 5.74) is 4.98. The zero-order valence-electron chi connectivity index (χ0n) is 4.82. The first-order chi connectivity index (χ1) is 4.30. The highest BCUT2D eigenvalue weighted by Gasteiger charge is 2.12. The van der Waals surface area contributed by atoms with Gasteiger partial charge in [0.25, 0.3) is 0 Å². The minimum absolute atomic E-state index is 0.248. The number of rotatable bonds is 1. The van der Waals surface area contributed by atoms with Crippen LogP contribution < -0.4 is 5.73 Å². The lowest BCUT2D eigenvalue weighted by Gasteiger charge is -2.04. The molecule has 2 N–H and O–H groups in total. The molecule has 1 aliphatic rings. The molecule has 1 rings (SSSR count). The van der Waals surface area contributed by atoms with Crippen molar-refractivity contribution >= 4 is 18.3 Å². The third-order valence-electron chi connectivity index (χ3n) is 1.12. The molecule has 1 aliphatic heterocycles. The molecule has 0 radical (unpaired) electrons. The molecular formula is C5H7N3O. The monoisotopic (exact) mass is 125 g/mol. The van der Waals surface area contributed by atoms with Crippen molar-refractivity contribution in [2.24, 2.45) is 21.9 Å². The molecule has 9 heavy (non-hydrogen) atoms. The first kappa shape index (κ1) is 5.94. The summed E-state index contributed by atoms with van der Waals surface area (Å²) in [7, 11) is 0. The summed E-state index contributed by atoms with van der Waals surface area (Å²) < 4.78 is 0. The van der Waals surface area contributed by atoms with Gasteiger partial charge in [-0.15, -0.1) is 0 Å². The average molecular weight is 125 g/mol. The normalized spacial score (nSPS) is 24.2. The van der Waals surface area contributed by atoms with E-state index in [1.807, 2.05) is 0 Å². The summed E-state index contributed by atoms with van der Waals surface area (Å²) >= 11 is 0. The number of primary amides is 1. The first-order valence-electron chi connectivity index (χ1n) is 2.65. The molecule has 0 aromatic rings. The number of amides is 1. The molecule has 0 saturated carbocycles. The van der Waals surface area contributed by atoms with Crippen LogP contribution in [0.3, 0.4) is 0 Å². The maximum atomic E-state index is 10.4. The highest BCUT2D eigenvalue weighted by atomic mass is 16.1. The van der Waals surface area contributed by atoms with Crippen molar-refractivity contribution in [2.75, 3.05) is 0 Å². The Morgan fingerprint density at radius 3 is 2.78 bits per heavy atom.